The number of H-pyrrole nitrogens is 1. The first-order chi connectivity index (χ1) is 11.6. The third kappa shape index (κ3) is 4.14. The zero-order valence-electron chi connectivity index (χ0n) is 14.2. The van der Waals surface area contributed by atoms with E-state index in [4.69, 9.17) is 0 Å². The fourth-order valence-electron chi connectivity index (χ4n) is 3.22. The molecule has 0 spiro atoms. The van der Waals surface area contributed by atoms with Crippen molar-refractivity contribution in [2.24, 2.45) is 5.92 Å². The summed E-state index contributed by atoms with van der Waals surface area (Å²) >= 11 is 1.71. The first-order valence-corrected chi connectivity index (χ1v) is 9.45. The number of likely N-dealkylation sites (tertiary alicyclic amines) is 1. The quantitative estimate of drug-likeness (QED) is 0.869. The monoisotopic (exact) mass is 347 g/mol. The van der Waals surface area contributed by atoms with Gasteiger partial charge in [-0.25, -0.2) is 9.78 Å². The van der Waals surface area contributed by atoms with E-state index in [1.54, 1.807) is 17.7 Å². The van der Waals surface area contributed by atoms with Crippen molar-refractivity contribution in [3.05, 3.63) is 34.5 Å². The molecule has 2 aromatic heterocycles. The standard InChI is InChI=1S/C17H25N5OS/c1-12(2)10-14(15-4-3-9-24-15)20-17(23)22-7-5-13(6-8-22)16-18-11-19-21-16/h3-4,9,11-14H,5-8,10H2,1-2H3,(H,20,23)(H,18,19,21)/t14-/m1/s1. The van der Waals surface area contributed by atoms with Gasteiger partial charge in [-0.1, -0.05) is 19.9 Å². The molecule has 0 bridgehead atoms. The average molecular weight is 347 g/mol. The van der Waals surface area contributed by atoms with Crippen LogP contribution in [-0.2, 0) is 0 Å². The van der Waals surface area contributed by atoms with Gasteiger partial charge in [0.15, 0.2) is 0 Å². The first-order valence-electron chi connectivity index (χ1n) is 8.57. The van der Waals surface area contributed by atoms with Crippen LogP contribution in [0.25, 0.3) is 0 Å². The molecule has 0 saturated carbocycles. The predicted octanol–water partition coefficient (Wildman–Crippen LogP) is 3.54. The van der Waals surface area contributed by atoms with Crippen LogP contribution in [0.5, 0.6) is 0 Å². The highest BCUT2D eigenvalue weighted by Gasteiger charge is 2.27. The van der Waals surface area contributed by atoms with E-state index < -0.39 is 0 Å². The molecule has 0 radical (unpaired) electrons. The Labute approximate surface area is 146 Å². The number of carbonyl (C=O) groups is 1. The summed E-state index contributed by atoms with van der Waals surface area (Å²) < 4.78 is 0. The van der Waals surface area contributed by atoms with Gasteiger partial charge in [0.2, 0.25) is 0 Å². The van der Waals surface area contributed by atoms with E-state index in [0.717, 1.165) is 38.2 Å². The Morgan fingerprint density at radius 3 is 2.83 bits per heavy atom. The Kier molecular flexibility index (Phi) is 5.50. The summed E-state index contributed by atoms with van der Waals surface area (Å²) in [5, 5.41) is 12.2. The lowest BCUT2D eigenvalue weighted by Gasteiger charge is -2.32. The van der Waals surface area contributed by atoms with Crippen LogP contribution in [0.3, 0.4) is 0 Å². The highest BCUT2D eigenvalue weighted by molar-refractivity contribution is 7.10. The second-order valence-corrected chi connectivity index (χ2v) is 7.76. The van der Waals surface area contributed by atoms with Crippen LogP contribution in [0.2, 0.25) is 0 Å². The average Bonchev–Trinajstić information content (AvgIpc) is 3.27. The minimum absolute atomic E-state index is 0.0464. The van der Waals surface area contributed by atoms with E-state index in [9.17, 15) is 4.79 Å². The number of carbonyl (C=O) groups excluding carboxylic acids is 1. The predicted molar refractivity (Wildman–Crippen MR) is 95.0 cm³/mol. The summed E-state index contributed by atoms with van der Waals surface area (Å²) in [7, 11) is 0. The lowest BCUT2D eigenvalue weighted by Crippen LogP contribution is -2.45. The molecule has 1 saturated heterocycles. The molecule has 1 aliphatic heterocycles. The summed E-state index contributed by atoms with van der Waals surface area (Å²) in [5.74, 6) is 1.85. The molecule has 0 aliphatic carbocycles. The van der Waals surface area contributed by atoms with Gasteiger partial charge in [-0.05, 0) is 36.6 Å². The van der Waals surface area contributed by atoms with Gasteiger partial charge in [-0.2, -0.15) is 5.10 Å². The highest BCUT2D eigenvalue weighted by atomic mass is 32.1. The molecule has 2 amide bonds. The van der Waals surface area contributed by atoms with Crippen molar-refractivity contribution >= 4 is 17.4 Å². The third-order valence-corrected chi connectivity index (χ3v) is 5.48. The fourth-order valence-corrected chi connectivity index (χ4v) is 4.01. The topological polar surface area (TPSA) is 73.9 Å². The molecule has 130 valence electrons. The van der Waals surface area contributed by atoms with Gasteiger partial charge < -0.3 is 10.2 Å². The van der Waals surface area contributed by atoms with Gasteiger partial charge in [0.05, 0.1) is 6.04 Å². The Hall–Kier alpha value is -1.89. The number of nitrogens with zero attached hydrogens (tertiary/aromatic N) is 3. The number of rotatable bonds is 5. The van der Waals surface area contributed by atoms with E-state index in [-0.39, 0.29) is 12.1 Å². The molecule has 1 aliphatic rings. The molecule has 3 heterocycles. The van der Waals surface area contributed by atoms with Crippen LogP contribution in [0, 0.1) is 5.92 Å². The molecule has 7 heteroatoms. The van der Waals surface area contributed by atoms with Crippen molar-refractivity contribution in [3.63, 3.8) is 0 Å². The molecular formula is C17H25N5OS. The van der Waals surface area contributed by atoms with Gasteiger partial charge in [-0.3, -0.25) is 5.10 Å². The fraction of sp³-hybridized carbons (Fsp3) is 0.588. The zero-order valence-corrected chi connectivity index (χ0v) is 15.1. The second-order valence-electron chi connectivity index (χ2n) is 6.78. The number of hydrogen-bond acceptors (Lipinski definition) is 4. The van der Waals surface area contributed by atoms with E-state index in [1.807, 2.05) is 11.0 Å². The van der Waals surface area contributed by atoms with Crippen molar-refractivity contribution in [2.45, 2.75) is 45.1 Å². The minimum atomic E-state index is 0.0464. The maximum Gasteiger partial charge on any atom is 0.317 e. The van der Waals surface area contributed by atoms with Gasteiger partial charge in [0.1, 0.15) is 12.2 Å². The number of aromatic amines is 1. The number of thiophene rings is 1. The molecule has 24 heavy (non-hydrogen) atoms. The Bertz CT molecular complexity index is 617. The number of piperidine rings is 1. The number of nitrogens with one attached hydrogen (secondary N) is 2. The second kappa shape index (κ2) is 7.79. The van der Waals surface area contributed by atoms with Crippen molar-refractivity contribution in [1.82, 2.24) is 25.4 Å². The third-order valence-electron chi connectivity index (χ3n) is 4.49. The molecule has 1 fully saturated rings. The molecular weight excluding hydrogens is 322 g/mol. The molecule has 0 aromatic carbocycles. The summed E-state index contributed by atoms with van der Waals surface area (Å²) in [6.07, 6.45) is 4.36. The van der Waals surface area contributed by atoms with Gasteiger partial charge in [0, 0.05) is 23.9 Å². The molecule has 2 aromatic rings. The van der Waals surface area contributed by atoms with Gasteiger partial charge >= 0.3 is 6.03 Å². The zero-order chi connectivity index (χ0) is 16.9. The van der Waals surface area contributed by atoms with Crippen molar-refractivity contribution in [3.8, 4) is 0 Å². The van der Waals surface area contributed by atoms with Crippen LogP contribution in [0.4, 0.5) is 4.79 Å². The van der Waals surface area contributed by atoms with Crippen LogP contribution >= 0.6 is 11.3 Å². The lowest BCUT2D eigenvalue weighted by atomic mass is 9.96. The van der Waals surface area contributed by atoms with Crippen molar-refractivity contribution in [2.75, 3.05) is 13.1 Å². The molecule has 3 rings (SSSR count). The molecule has 0 unspecified atom stereocenters. The molecule has 6 nitrogen and oxygen atoms in total. The Morgan fingerprint density at radius 1 is 1.46 bits per heavy atom. The lowest BCUT2D eigenvalue weighted by molar-refractivity contribution is 0.175. The maximum atomic E-state index is 12.7. The van der Waals surface area contributed by atoms with Crippen LogP contribution in [0.1, 0.15) is 55.8 Å². The SMILES string of the molecule is CC(C)C[C@@H](NC(=O)N1CCC(c2ncn[nH]2)CC1)c1cccs1. The smallest absolute Gasteiger partial charge is 0.317 e. The summed E-state index contributed by atoms with van der Waals surface area (Å²) in [6, 6.07) is 4.30. The number of aromatic nitrogens is 3. The van der Waals surface area contributed by atoms with E-state index >= 15 is 0 Å². The van der Waals surface area contributed by atoms with E-state index in [2.05, 4.69) is 45.8 Å². The maximum absolute atomic E-state index is 12.7. The Balaban J connectivity index is 1.56. The number of amides is 2. The minimum Gasteiger partial charge on any atom is -0.330 e. The van der Waals surface area contributed by atoms with Crippen LogP contribution in [-0.4, -0.2) is 39.2 Å². The van der Waals surface area contributed by atoms with Crippen molar-refractivity contribution < 1.29 is 4.79 Å². The Morgan fingerprint density at radius 2 is 2.25 bits per heavy atom. The van der Waals surface area contributed by atoms with Gasteiger partial charge in [-0.15, -0.1) is 11.3 Å². The van der Waals surface area contributed by atoms with E-state index in [0.29, 0.717) is 11.8 Å². The summed E-state index contributed by atoms with van der Waals surface area (Å²) in [5.41, 5.74) is 0. The first kappa shape index (κ1) is 17.0. The molecule has 1 atom stereocenters. The largest absolute Gasteiger partial charge is 0.330 e. The number of urea groups is 1. The molecule has 2 N–H and O–H groups in total. The van der Waals surface area contributed by atoms with E-state index in [1.165, 1.54) is 4.88 Å². The van der Waals surface area contributed by atoms with Gasteiger partial charge in [0.25, 0.3) is 0 Å². The highest BCUT2D eigenvalue weighted by Crippen LogP contribution is 2.27. The summed E-state index contributed by atoms with van der Waals surface area (Å²) in [4.78, 5) is 20.1. The normalized spacial score (nSPS) is 17.2. The van der Waals surface area contributed by atoms with Crippen LogP contribution < -0.4 is 5.32 Å². The number of hydrogen-bond donors (Lipinski definition) is 2. The summed E-state index contributed by atoms with van der Waals surface area (Å²) in [6.45, 7) is 5.90. The van der Waals surface area contributed by atoms with Crippen LogP contribution in [0.15, 0.2) is 23.8 Å². The van der Waals surface area contributed by atoms with Crippen molar-refractivity contribution in [1.29, 1.82) is 0 Å².